The third kappa shape index (κ3) is 2.47. The molecule has 1 N–H and O–H groups in total. The molecule has 17 heavy (non-hydrogen) atoms. The molecule has 1 aromatic carbocycles. The fraction of sp³-hybridized carbons (Fsp3) is 0.364. The lowest BCUT2D eigenvalue weighted by Gasteiger charge is -2.11. The number of ether oxygens (including phenoxy) is 2. The zero-order chi connectivity index (χ0) is 12.4. The van der Waals surface area contributed by atoms with E-state index in [-0.39, 0.29) is 18.3 Å². The Morgan fingerprint density at radius 2 is 2.18 bits per heavy atom. The fourth-order valence-electron chi connectivity index (χ4n) is 1.64. The lowest BCUT2D eigenvalue weighted by molar-refractivity contribution is 0.0953. The first-order valence-electron chi connectivity index (χ1n) is 5.32. The van der Waals surface area contributed by atoms with Gasteiger partial charge in [0, 0.05) is 5.56 Å². The molecule has 1 aliphatic heterocycles. The Bertz CT molecular complexity index is 439. The van der Waals surface area contributed by atoms with E-state index in [0.29, 0.717) is 17.1 Å². The average Bonchev–Trinajstić information content (AvgIpc) is 2.67. The van der Waals surface area contributed by atoms with E-state index in [1.54, 1.807) is 25.1 Å². The van der Waals surface area contributed by atoms with E-state index in [4.69, 9.17) is 25.2 Å². The summed E-state index contributed by atoms with van der Waals surface area (Å²) >= 11 is 0. The molecule has 1 heterocycles. The molecular formula is C11H11B2NO3. The highest BCUT2D eigenvalue weighted by Crippen LogP contribution is 2.34. The van der Waals surface area contributed by atoms with Crippen molar-refractivity contribution in [2.45, 2.75) is 19.2 Å². The summed E-state index contributed by atoms with van der Waals surface area (Å²) in [5.41, 5.74) is 0.537. The van der Waals surface area contributed by atoms with Gasteiger partial charge in [0.2, 0.25) is 0 Å². The largest absolute Gasteiger partial charge is 0.461 e. The van der Waals surface area contributed by atoms with Gasteiger partial charge in [-0.3, -0.25) is 4.79 Å². The number of fused-ring (bicyclic) bond motifs is 1. The summed E-state index contributed by atoms with van der Waals surface area (Å²) in [6.45, 7) is 1.76. The second-order valence-electron chi connectivity index (χ2n) is 3.76. The van der Waals surface area contributed by atoms with Crippen LogP contribution in [0.1, 0.15) is 17.3 Å². The Hall–Kier alpha value is -1.42. The van der Waals surface area contributed by atoms with Gasteiger partial charge in [0.15, 0.2) is 31.3 Å². The second-order valence-corrected chi connectivity index (χ2v) is 3.76. The van der Waals surface area contributed by atoms with E-state index in [9.17, 15) is 4.79 Å². The third-order valence-electron chi connectivity index (χ3n) is 2.53. The van der Waals surface area contributed by atoms with Gasteiger partial charge in [-0.2, -0.15) is 0 Å². The summed E-state index contributed by atoms with van der Waals surface area (Å²) in [6, 6.07) is 4.63. The Morgan fingerprint density at radius 3 is 2.88 bits per heavy atom. The van der Waals surface area contributed by atoms with Crippen molar-refractivity contribution in [1.82, 2.24) is 5.32 Å². The summed E-state index contributed by atoms with van der Waals surface area (Å²) < 4.78 is 10.4. The molecule has 1 unspecified atom stereocenters. The van der Waals surface area contributed by atoms with Crippen molar-refractivity contribution in [3.8, 4) is 11.5 Å². The molecule has 0 saturated carbocycles. The number of carbonyl (C=O) groups excluding carboxylic acids is 1. The third-order valence-corrected chi connectivity index (χ3v) is 2.53. The van der Waals surface area contributed by atoms with Gasteiger partial charge < -0.3 is 14.8 Å². The Balaban J connectivity index is 2.18. The summed E-state index contributed by atoms with van der Waals surface area (Å²) in [5.74, 6) is 0.985. The molecule has 0 spiro atoms. The van der Waals surface area contributed by atoms with E-state index in [2.05, 4.69) is 5.32 Å². The molecule has 4 radical (unpaired) electrons. The van der Waals surface area contributed by atoms with Crippen molar-refractivity contribution >= 4 is 21.5 Å². The van der Waals surface area contributed by atoms with Gasteiger partial charge >= 0.3 is 0 Å². The van der Waals surface area contributed by atoms with E-state index in [1.165, 1.54) is 0 Å². The quantitative estimate of drug-likeness (QED) is 0.589. The number of carbonyl (C=O) groups is 1. The van der Waals surface area contributed by atoms with Crippen LogP contribution in [0.3, 0.4) is 0 Å². The predicted molar refractivity (Wildman–Crippen MR) is 64.8 cm³/mol. The lowest BCUT2D eigenvalue weighted by atomic mass is 10.0. The van der Waals surface area contributed by atoms with Crippen LogP contribution in [0.15, 0.2) is 18.2 Å². The van der Waals surface area contributed by atoms with Gasteiger partial charge in [-0.15, -0.1) is 0 Å². The fourth-order valence-corrected chi connectivity index (χ4v) is 1.64. The number of hydrogen-bond donors (Lipinski definition) is 1. The van der Waals surface area contributed by atoms with Crippen LogP contribution in [-0.4, -0.2) is 40.2 Å². The molecule has 1 aliphatic rings. The van der Waals surface area contributed by atoms with Crippen LogP contribution in [0.5, 0.6) is 11.5 Å². The Kier molecular flexibility index (Phi) is 3.43. The van der Waals surface area contributed by atoms with Crippen LogP contribution in [0.2, 0.25) is 0 Å². The van der Waals surface area contributed by atoms with Crippen molar-refractivity contribution < 1.29 is 14.3 Å². The van der Waals surface area contributed by atoms with Crippen molar-refractivity contribution in [2.75, 3.05) is 6.44 Å². The van der Waals surface area contributed by atoms with Crippen LogP contribution in [0.4, 0.5) is 0 Å². The predicted octanol–water partition coefficient (Wildman–Crippen LogP) is 0.197. The Morgan fingerprint density at radius 1 is 1.47 bits per heavy atom. The minimum Gasteiger partial charge on any atom is -0.461 e. The van der Waals surface area contributed by atoms with Crippen LogP contribution in [-0.2, 0) is 0 Å². The van der Waals surface area contributed by atoms with Gasteiger partial charge in [-0.1, -0.05) is 0 Å². The summed E-state index contributed by atoms with van der Waals surface area (Å²) in [6.07, 6.45) is -0.544. The topological polar surface area (TPSA) is 47.6 Å². The van der Waals surface area contributed by atoms with E-state index in [1.807, 2.05) is 0 Å². The molecule has 0 amide bonds. The zero-order valence-corrected chi connectivity index (χ0v) is 9.47. The minimum absolute atomic E-state index is 0.0534. The molecule has 0 bridgehead atoms. The molecule has 0 saturated heterocycles. The maximum Gasteiger partial charge on any atom is 0.189 e. The number of benzene rings is 1. The van der Waals surface area contributed by atoms with Crippen molar-refractivity contribution in [3.05, 3.63) is 23.8 Å². The van der Waals surface area contributed by atoms with E-state index >= 15 is 0 Å². The van der Waals surface area contributed by atoms with Gasteiger partial charge in [-0.05, 0) is 31.6 Å². The lowest BCUT2D eigenvalue weighted by Crippen LogP contribution is -2.34. The van der Waals surface area contributed by atoms with Gasteiger partial charge in [0.05, 0.1) is 13.9 Å². The summed E-state index contributed by atoms with van der Waals surface area (Å²) in [5, 5.41) is 2.85. The zero-order valence-electron chi connectivity index (χ0n) is 9.47. The molecule has 2 rings (SSSR count). The average molecular weight is 227 g/mol. The number of nitrogens with one attached hydrogen (secondary N) is 1. The maximum atomic E-state index is 12.0. The van der Waals surface area contributed by atoms with Gasteiger partial charge in [0.25, 0.3) is 0 Å². The van der Waals surface area contributed by atoms with Crippen molar-refractivity contribution in [1.29, 1.82) is 0 Å². The highest BCUT2D eigenvalue weighted by molar-refractivity contribution is 6.11. The maximum absolute atomic E-state index is 12.0. The first kappa shape index (κ1) is 12.0. The van der Waals surface area contributed by atoms with Crippen molar-refractivity contribution in [2.24, 2.45) is 0 Å². The number of hydrogen-bond acceptors (Lipinski definition) is 4. The minimum atomic E-state index is -0.796. The van der Waals surface area contributed by atoms with Crippen LogP contribution in [0, 0.1) is 0 Å². The van der Waals surface area contributed by atoms with Gasteiger partial charge in [0.1, 0.15) is 0 Å². The second kappa shape index (κ2) is 4.84. The van der Waals surface area contributed by atoms with Gasteiger partial charge in [-0.25, -0.2) is 0 Å². The summed E-state index contributed by atoms with van der Waals surface area (Å²) in [7, 11) is 10.8. The molecule has 4 nitrogen and oxygen atoms in total. The molecule has 2 atom stereocenters. The molecule has 0 fully saturated rings. The monoisotopic (exact) mass is 227 g/mol. The highest BCUT2D eigenvalue weighted by atomic mass is 16.7. The standard InChI is InChI=1S/C11H11B2NO3/c1-6(14-5-12)10(15)7-2-3-8-9(4-7)17-11(13)16-8/h2-4,6,11,14H,5H2,1H3/t6-,11?/m0/s1. The van der Waals surface area contributed by atoms with Crippen molar-refractivity contribution in [3.63, 3.8) is 0 Å². The normalized spacial score (nSPS) is 19.0. The SMILES string of the molecule is [B]CN[C@@H](C)C(=O)c1ccc2c(c1)OC([B])O2. The Labute approximate surface area is 102 Å². The molecule has 6 heteroatoms. The molecule has 0 aliphatic carbocycles. The number of ketones is 1. The van der Waals surface area contributed by atoms with Crippen LogP contribution in [0.25, 0.3) is 0 Å². The van der Waals surface area contributed by atoms with Crippen LogP contribution >= 0.6 is 0 Å². The summed E-state index contributed by atoms with van der Waals surface area (Å²) in [4.78, 5) is 12.0. The van der Waals surface area contributed by atoms with E-state index in [0.717, 1.165) is 0 Å². The smallest absolute Gasteiger partial charge is 0.189 e. The number of rotatable bonds is 4. The molecule has 0 aromatic heterocycles. The first-order valence-corrected chi connectivity index (χ1v) is 5.32. The van der Waals surface area contributed by atoms with E-state index < -0.39 is 6.19 Å². The highest BCUT2D eigenvalue weighted by Gasteiger charge is 2.22. The molecule has 84 valence electrons. The van der Waals surface area contributed by atoms with Crippen LogP contribution < -0.4 is 14.8 Å². The molecule has 1 aromatic rings. The molecular weight excluding hydrogens is 216 g/mol. The first-order chi connectivity index (χ1) is 8.11. The number of Topliss-reactive ketones (excluding diaryl/α,β-unsaturated/α-hetero) is 1.